The molecule has 1 heteroatoms. The monoisotopic (exact) mass is 431 g/mol. The molecule has 0 bridgehead atoms. The van der Waals surface area contributed by atoms with Crippen molar-refractivity contribution in [3.63, 3.8) is 0 Å². The predicted octanol–water partition coefficient (Wildman–Crippen LogP) is 6.64. The van der Waals surface area contributed by atoms with E-state index in [1.54, 1.807) is 14.4 Å². The van der Waals surface area contributed by atoms with Crippen LogP contribution < -0.4 is 0 Å². The van der Waals surface area contributed by atoms with Gasteiger partial charge in [0.1, 0.15) is 0 Å². The molecule has 0 unspecified atom stereocenters. The van der Waals surface area contributed by atoms with Crippen LogP contribution in [0.25, 0.3) is 0 Å². The van der Waals surface area contributed by atoms with Gasteiger partial charge in [-0.3, -0.25) is 0 Å². The Balaban J connectivity index is 2.76. The second-order valence-electron chi connectivity index (χ2n) is 5.05. The van der Waals surface area contributed by atoms with E-state index in [4.69, 9.17) is 0 Å². The van der Waals surface area contributed by atoms with Crippen LogP contribution in [-0.4, -0.2) is 0 Å². The van der Waals surface area contributed by atoms with Crippen molar-refractivity contribution in [2.45, 2.75) is 80.1 Å². The third-order valence-electron chi connectivity index (χ3n) is 3.44. The Kier molecular flexibility index (Phi) is 8.23. The van der Waals surface area contributed by atoms with Crippen molar-refractivity contribution in [3.8, 4) is 0 Å². The van der Waals surface area contributed by atoms with Gasteiger partial charge in [-0.05, 0) is 0 Å². The summed E-state index contributed by atoms with van der Waals surface area (Å²) in [7, 11) is 0. The van der Waals surface area contributed by atoms with Crippen LogP contribution in [0.2, 0.25) is 14.4 Å². The van der Waals surface area contributed by atoms with Crippen LogP contribution in [-0.2, 0) is 16.1 Å². The van der Waals surface area contributed by atoms with Gasteiger partial charge in [0.05, 0.1) is 0 Å². The van der Waals surface area contributed by atoms with Gasteiger partial charge in [0, 0.05) is 0 Å². The first-order valence-corrected chi connectivity index (χ1v) is 13.6. The van der Waals surface area contributed by atoms with Crippen LogP contribution >= 0.6 is 0 Å². The summed E-state index contributed by atoms with van der Waals surface area (Å²) >= 11 is -1.62. The molecule has 0 nitrogen and oxygen atoms in total. The fourth-order valence-corrected chi connectivity index (χ4v) is 15.4. The summed E-state index contributed by atoms with van der Waals surface area (Å²) in [5.74, 6) is 0. The summed E-state index contributed by atoms with van der Waals surface area (Å²) in [5, 5.41) is 0. The van der Waals surface area contributed by atoms with Crippen LogP contribution in [0.4, 0.5) is 0 Å². The van der Waals surface area contributed by atoms with Crippen LogP contribution in [0.3, 0.4) is 0 Å². The molecule has 0 aliphatic heterocycles. The Labute approximate surface area is 118 Å². The number of rotatable bonds is 10. The molecule has 0 aromatic carbocycles. The second kappa shape index (κ2) is 9.13. The molecule has 0 aromatic heterocycles. The average molecular weight is 432 g/mol. The Morgan fingerprint density at radius 3 is 1.72 bits per heavy atom. The van der Waals surface area contributed by atoms with E-state index in [1.807, 2.05) is 3.96 Å². The molecular weight excluding hydrogens is 399 g/mol. The minimum atomic E-state index is -1.62. The van der Waals surface area contributed by atoms with Crippen molar-refractivity contribution in [1.82, 2.24) is 0 Å². The third kappa shape index (κ3) is 4.69. The maximum absolute atomic E-state index is 2.50. The van der Waals surface area contributed by atoms with Gasteiger partial charge >= 0.3 is 118 Å². The number of unbranched alkanes of at least 4 members (excludes halogenated alkanes) is 3. The van der Waals surface area contributed by atoms with Crippen LogP contribution in [0.1, 0.15) is 65.7 Å². The molecule has 0 radical (unpaired) electrons. The fraction of sp³-hybridized carbons (Fsp3) is 0.765. The van der Waals surface area contributed by atoms with E-state index in [2.05, 4.69) is 39.0 Å². The van der Waals surface area contributed by atoms with Crippen molar-refractivity contribution in [2.24, 2.45) is 0 Å². The molecule has 0 heterocycles. The summed E-state index contributed by atoms with van der Waals surface area (Å²) < 4.78 is 1.91. The first-order chi connectivity index (χ1) is 8.79. The van der Waals surface area contributed by atoms with E-state index in [-0.39, 0.29) is 0 Å². The summed E-state index contributed by atoms with van der Waals surface area (Å²) in [6.45, 7) is 7.06. The molecule has 18 heavy (non-hydrogen) atoms. The van der Waals surface area contributed by atoms with E-state index in [1.165, 1.54) is 44.9 Å². The van der Waals surface area contributed by atoms with Gasteiger partial charge in [-0.1, -0.05) is 0 Å². The Morgan fingerprint density at radius 2 is 1.39 bits per heavy atom. The summed E-state index contributed by atoms with van der Waals surface area (Å²) in [4.78, 5) is 4.78. The van der Waals surface area contributed by atoms with E-state index >= 15 is 0 Å². The average Bonchev–Trinajstić information content (AvgIpc) is 2.93. The number of hydrogen-bond donors (Lipinski definition) is 0. The standard InChI is InChI=1S/C5H5.3C4H9.Pt/c1-2-4-5-3-1;3*1-3-4-2;/h1-3H,4H2;3*1,3-4H2,2H3;. The molecule has 0 saturated carbocycles. The predicted molar refractivity (Wildman–Crippen MR) is 81.0 cm³/mol. The van der Waals surface area contributed by atoms with E-state index in [0.29, 0.717) is 0 Å². The minimum absolute atomic E-state index is 1.30. The van der Waals surface area contributed by atoms with Crippen LogP contribution in [0.15, 0.2) is 22.2 Å². The van der Waals surface area contributed by atoms with E-state index in [0.717, 1.165) is 0 Å². The van der Waals surface area contributed by atoms with Gasteiger partial charge in [0.2, 0.25) is 0 Å². The van der Waals surface area contributed by atoms with Gasteiger partial charge in [-0.15, -0.1) is 0 Å². The SMILES string of the molecule is CCC[CH2][Pt]([CH2]CCC)([CH2]CCC)[C]1=CC=CC1. The van der Waals surface area contributed by atoms with Crippen LogP contribution in [0, 0.1) is 0 Å². The zero-order valence-electron chi connectivity index (χ0n) is 12.6. The molecule has 0 fully saturated rings. The van der Waals surface area contributed by atoms with Gasteiger partial charge in [0.15, 0.2) is 0 Å². The second-order valence-corrected chi connectivity index (χ2v) is 15.7. The fourth-order valence-electron chi connectivity index (χ4n) is 2.18. The van der Waals surface area contributed by atoms with Crippen LogP contribution in [0.5, 0.6) is 0 Å². The van der Waals surface area contributed by atoms with Gasteiger partial charge in [0.25, 0.3) is 0 Å². The molecular formula is C17H32Pt. The van der Waals surface area contributed by atoms with Gasteiger partial charge in [-0.2, -0.15) is 0 Å². The summed E-state index contributed by atoms with van der Waals surface area (Å²) in [6, 6.07) is 0. The van der Waals surface area contributed by atoms with E-state index in [9.17, 15) is 0 Å². The topological polar surface area (TPSA) is 0 Å². The molecule has 0 amide bonds. The molecule has 0 N–H and O–H groups in total. The zero-order chi connectivity index (χ0) is 13.3. The Morgan fingerprint density at radius 1 is 0.889 bits per heavy atom. The molecule has 0 saturated heterocycles. The normalized spacial score (nSPS) is 16.1. The Hall–Kier alpha value is 0.168. The van der Waals surface area contributed by atoms with E-state index < -0.39 is 16.1 Å². The summed E-state index contributed by atoms with van der Waals surface area (Å²) in [5.41, 5.74) is 0. The Bertz CT molecular complexity index is 254. The van der Waals surface area contributed by atoms with Crippen molar-refractivity contribution in [2.75, 3.05) is 0 Å². The van der Waals surface area contributed by atoms with Crippen molar-refractivity contribution >= 4 is 0 Å². The summed E-state index contributed by atoms with van der Waals surface area (Å²) in [6.07, 6.45) is 17.1. The molecule has 1 aliphatic carbocycles. The van der Waals surface area contributed by atoms with Crippen molar-refractivity contribution in [1.29, 1.82) is 0 Å². The zero-order valence-corrected chi connectivity index (χ0v) is 14.9. The first-order valence-electron chi connectivity index (χ1n) is 7.67. The quantitative estimate of drug-likeness (QED) is 0.364. The molecule has 0 atom stereocenters. The molecule has 0 aromatic rings. The first kappa shape index (κ1) is 16.2. The van der Waals surface area contributed by atoms with Crippen molar-refractivity contribution in [3.05, 3.63) is 22.2 Å². The number of allylic oxidation sites excluding steroid dienone is 4. The van der Waals surface area contributed by atoms with Crippen molar-refractivity contribution < 1.29 is 16.1 Å². The molecule has 1 aliphatic rings. The number of hydrogen-bond acceptors (Lipinski definition) is 0. The maximum atomic E-state index is 2.50. The molecule has 1 rings (SSSR count). The van der Waals surface area contributed by atoms with Gasteiger partial charge < -0.3 is 0 Å². The molecule has 0 spiro atoms. The molecule has 110 valence electrons. The van der Waals surface area contributed by atoms with Gasteiger partial charge in [-0.25, -0.2) is 0 Å². The third-order valence-corrected chi connectivity index (χ3v) is 16.3.